The molecule has 2 saturated heterocycles. The summed E-state index contributed by atoms with van der Waals surface area (Å²) < 4.78 is 22.1. The summed E-state index contributed by atoms with van der Waals surface area (Å²) in [5.41, 5.74) is 0.531. The Labute approximate surface area is 167 Å². The van der Waals surface area contributed by atoms with Crippen molar-refractivity contribution in [3.63, 3.8) is 0 Å². The second-order valence-electron chi connectivity index (χ2n) is 7.31. The molecule has 0 unspecified atom stereocenters. The number of hydrogen-bond donors (Lipinski definition) is 1. The van der Waals surface area contributed by atoms with Crippen LogP contribution >= 0.6 is 0 Å². The van der Waals surface area contributed by atoms with Crippen molar-refractivity contribution in [1.82, 2.24) is 10.2 Å². The Morgan fingerprint density at radius 2 is 1.93 bits per heavy atom. The molecule has 1 aromatic rings. The van der Waals surface area contributed by atoms with Crippen LogP contribution in [0.1, 0.15) is 36.0 Å². The van der Waals surface area contributed by atoms with Crippen LogP contribution in [0.4, 0.5) is 0 Å². The van der Waals surface area contributed by atoms with E-state index >= 15 is 0 Å². The number of hydrogen-bond acceptors (Lipinski definition) is 6. The normalized spacial score (nSPS) is 19.4. The summed E-state index contributed by atoms with van der Waals surface area (Å²) in [7, 11) is 3.23. The minimum atomic E-state index is -0.158. The number of nitrogens with zero attached hydrogens (tertiary/aromatic N) is 1. The van der Waals surface area contributed by atoms with Gasteiger partial charge in [0.2, 0.25) is 0 Å². The molecule has 2 heterocycles. The van der Waals surface area contributed by atoms with Gasteiger partial charge in [-0.2, -0.15) is 0 Å². The third-order valence-electron chi connectivity index (χ3n) is 5.50. The zero-order valence-electron chi connectivity index (χ0n) is 16.9. The zero-order chi connectivity index (χ0) is 19.8. The molecule has 3 rings (SSSR count). The van der Waals surface area contributed by atoms with E-state index in [0.29, 0.717) is 36.3 Å². The highest BCUT2D eigenvalue weighted by Crippen LogP contribution is 2.29. The molecule has 0 saturated carbocycles. The second-order valence-corrected chi connectivity index (χ2v) is 7.31. The third-order valence-corrected chi connectivity index (χ3v) is 5.50. The average molecular weight is 392 g/mol. The molecule has 7 nitrogen and oxygen atoms in total. The fourth-order valence-corrected chi connectivity index (χ4v) is 3.87. The highest BCUT2D eigenvalue weighted by molar-refractivity contribution is 5.97. The van der Waals surface area contributed by atoms with Crippen LogP contribution in [0, 0.1) is 0 Å². The molecule has 2 aliphatic heterocycles. The predicted molar refractivity (Wildman–Crippen MR) is 106 cm³/mol. The maximum atomic E-state index is 12.5. The molecule has 156 valence electrons. The number of ether oxygens (including phenoxy) is 4. The molecule has 0 atom stereocenters. The SMILES string of the molecule is COCCNC(=O)c1ccc(OC)cc1OC1CCN(C2CCOCC2)CC1. The number of carbonyl (C=O) groups excluding carboxylic acids is 1. The van der Waals surface area contributed by atoms with E-state index in [-0.39, 0.29) is 12.0 Å². The molecule has 7 heteroatoms. The Morgan fingerprint density at radius 3 is 2.61 bits per heavy atom. The van der Waals surface area contributed by atoms with Crippen molar-refractivity contribution >= 4 is 5.91 Å². The van der Waals surface area contributed by atoms with Crippen molar-refractivity contribution in [2.24, 2.45) is 0 Å². The topological polar surface area (TPSA) is 69.3 Å². The van der Waals surface area contributed by atoms with Crippen molar-refractivity contribution < 1.29 is 23.7 Å². The van der Waals surface area contributed by atoms with Crippen LogP contribution in [0.25, 0.3) is 0 Å². The van der Waals surface area contributed by atoms with E-state index in [9.17, 15) is 4.79 Å². The first-order chi connectivity index (χ1) is 13.7. The van der Waals surface area contributed by atoms with Gasteiger partial charge in [-0.05, 0) is 37.8 Å². The number of methoxy groups -OCH3 is 2. The Hall–Kier alpha value is -1.83. The van der Waals surface area contributed by atoms with Gasteiger partial charge in [0.25, 0.3) is 5.91 Å². The highest BCUT2D eigenvalue weighted by Gasteiger charge is 2.28. The van der Waals surface area contributed by atoms with E-state index in [4.69, 9.17) is 18.9 Å². The van der Waals surface area contributed by atoms with Gasteiger partial charge in [-0.15, -0.1) is 0 Å². The molecular formula is C21H32N2O5. The maximum Gasteiger partial charge on any atom is 0.255 e. The minimum absolute atomic E-state index is 0.105. The van der Waals surface area contributed by atoms with Gasteiger partial charge in [-0.3, -0.25) is 9.69 Å². The Kier molecular flexibility index (Phi) is 7.94. The molecule has 0 aromatic heterocycles. The Bertz CT molecular complexity index is 625. The molecule has 0 bridgehead atoms. The van der Waals surface area contributed by atoms with E-state index in [1.165, 1.54) is 0 Å². The van der Waals surface area contributed by atoms with Gasteiger partial charge in [-0.1, -0.05) is 0 Å². The second kappa shape index (κ2) is 10.6. The van der Waals surface area contributed by atoms with Crippen molar-refractivity contribution in [3.05, 3.63) is 23.8 Å². The number of piperidine rings is 1. The van der Waals surface area contributed by atoms with E-state index in [0.717, 1.165) is 52.0 Å². The summed E-state index contributed by atoms with van der Waals surface area (Å²) >= 11 is 0. The molecule has 1 amide bonds. The number of nitrogens with one attached hydrogen (secondary N) is 1. The van der Waals surface area contributed by atoms with E-state index < -0.39 is 0 Å². The highest BCUT2D eigenvalue weighted by atomic mass is 16.5. The summed E-state index contributed by atoms with van der Waals surface area (Å²) in [6.45, 7) is 4.72. The van der Waals surface area contributed by atoms with E-state index in [1.54, 1.807) is 32.4 Å². The third kappa shape index (κ3) is 5.59. The number of likely N-dealkylation sites (tertiary alicyclic amines) is 1. The lowest BCUT2D eigenvalue weighted by Crippen LogP contribution is -2.46. The lowest BCUT2D eigenvalue weighted by molar-refractivity contribution is 0.00999. The van der Waals surface area contributed by atoms with Gasteiger partial charge < -0.3 is 24.3 Å². The van der Waals surface area contributed by atoms with Crippen LogP contribution in [-0.2, 0) is 9.47 Å². The summed E-state index contributed by atoms with van der Waals surface area (Å²) in [5, 5.41) is 2.86. The quantitative estimate of drug-likeness (QED) is 0.684. The van der Waals surface area contributed by atoms with Gasteiger partial charge >= 0.3 is 0 Å². The molecule has 0 radical (unpaired) electrons. The van der Waals surface area contributed by atoms with Crippen LogP contribution < -0.4 is 14.8 Å². The van der Waals surface area contributed by atoms with Crippen LogP contribution in [0.2, 0.25) is 0 Å². The van der Waals surface area contributed by atoms with Crippen molar-refractivity contribution in [3.8, 4) is 11.5 Å². The standard InChI is InChI=1S/C21H32N2O5/c1-25-14-9-22-21(24)19-4-3-18(26-2)15-20(19)28-17-5-10-23(11-6-17)16-7-12-27-13-8-16/h3-4,15-17H,5-14H2,1-2H3,(H,22,24). The number of carbonyl (C=O) groups is 1. The van der Waals surface area contributed by atoms with E-state index in [2.05, 4.69) is 10.2 Å². The smallest absolute Gasteiger partial charge is 0.255 e. The molecule has 28 heavy (non-hydrogen) atoms. The van der Waals surface area contributed by atoms with Gasteiger partial charge in [0.05, 0.1) is 19.3 Å². The maximum absolute atomic E-state index is 12.5. The van der Waals surface area contributed by atoms with Gasteiger partial charge in [0.1, 0.15) is 17.6 Å². The van der Waals surface area contributed by atoms with Crippen molar-refractivity contribution in [2.75, 3.05) is 53.7 Å². The van der Waals surface area contributed by atoms with Crippen LogP contribution in [0.15, 0.2) is 18.2 Å². The minimum Gasteiger partial charge on any atom is -0.497 e. The van der Waals surface area contributed by atoms with Crippen LogP contribution in [0.5, 0.6) is 11.5 Å². The Morgan fingerprint density at radius 1 is 1.18 bits per heavy atom. The van der Waals surface area contributed by atoms with Gasteiger partial charge in [0.15, 0.2) is 0 Å². The zero-order valence-corrected chi connectivity index (χ0v) is 16.9. The fourth-order valence-electron chi connectivity index (χ4n) is 3.87. The molecule has 0 spiro atoms. The summed E-state index contributed by atoms with van der Waals surface area (Å²) in [6, 6.07) is 5.98. The number of benzene rings is 1. The monoisotopic (exact) mass is 392 g/mol. The van der Waals surface area contributed by atoms with Crippen molar-refractivity contribution in [1.29, 1.82) is 0 Å². The number of rotatable bonds is 8. The largest absolute Gasteiger partial charge is 0.497 e. The van der Waals surface area contributed by atoms with Gasteiger partial charge in [0, 0.05) is 52.1 Å². The molecule has 2 fully saturated rings. The summed E-state index contributed by atoms with van der Waals surface area (Å²) in [6.07, 6.45) is 4.26. The number of amides is 1. The first-order valence-electron chi connectivity index (χ1n) is 10.1. The van der Waals surface area contributed by atoms with Gasteiger partial charge in [-0.25, -0.2) is 0 Å². The summed E-state index contributed by atoms with van der Waals surface area (Å²) in [4.78, 5) is 15.1. The molecular weight excluding hydrogens is 360 g/mol. The lowest BCUT2D eigenvalue weighted by atomic mass is 10.0. The fraction of sp³-hybridized carbons (Fsp3) is 0.667. The Balaban J connectivity index is 1.60. The first kappa shape index (κ1) is 20.9. The average Bonchev–Trinajstić information content (AvgIpc) is 2.75. The molecule has 0 aliphatic carbocycles. The lowest BCUT2D eigenvalue weighted by Gasteiger charge is -2.39. The molecule has 1 aromatic carbocycles. The van der Waals surface area contributed by atoms with Crippen LogP contribution in [-0.4, -0.2) is 76.6 Å². The predicted octanol–water partition coefficient (Wildman–Crippen LogP) is 2.09. The van der Waals surface area contributed by atoms with Crippen molar-refractivity contribution in [2.45, 2.75) is 37.8 Å². The van der Waals surface area contributed by atoms with Crippen LogP contribution in [0.3, 0.4) is 0 Å². The molecule has 2 aliphatic rings. The first-order valence-corrected chi connectivity index (χ1v) is 10.1. The molecule has 1 N–H and O–H groups in total. The summed E-state index contributed by atoms with van der Waals surface area (Å²) in [5.74, 6) is 1.11. The van der Waals surface area contributed by atoms with E-state index in [1.807, 2.05) is 0 Å².